The molecule has 0 amide bonds. The Morgan fingerprint density at radius 1 is 1.56 bits per heavy atom. The fraction of sp³-hybridized carbons (Fsp3) is 0.200. The van der Waals surface area contributed by atoms with Crippen LogP contribution < -0.4 is 5.32 Å². The van der Waals surface area contributed by atoms with Crippen molar-refractivity contribution in [1.82, 2.24) is 4.98 Å². The van der Waals surface area contributed by atoms with E-state index < -0.39 is 5.97 Å². The highest BCUT2D eigenvalue weighted by Crippen LogP contribution is 2.23. The van der Waals surface area contributed by atoms with Crippen molar-refractivity contribution >= 4 is 33.6 Å². The Labute approximate surface area is 101 Å². The van der Waals surface area contributed by atoms with Crippen LogP contribution in [0.25, 0.3) is 0 Å². The minimum atomic E-state index is -0.994. The van der Waals surface area contributed by atoms with Crippen LogP contribution >= 0.6 is 22.7 Å². The van der Waals surface area contributed by atoms with Crippen molar-refractivity contribution in [3.63, 3.8) is 0 Å². The molecule has 0 aliphatic carbocycles. The Morgan fingerprint density at radius 3 is 3.00 bits per heavy atom. The van der Waals surface area contributed by atoms with Crippen LogP contribution in [-0.4, -0.2) is 16.1 Å². The highest BCUT2D eigenvalue weighted by Gasteiger charge is 2.13. The maximum Gasteiger partial charge on any atom is 0.357 e. The molecule has 2 N–H and O–H groups in total. The van der Waals surface area contributed by atoms with Crippen molar-refractivity contribution in [2.45, 2.75) is 13.5 Å². The molecule has 2 rings (SSSR count). The molecule has 84 valence electrons. The zero-order valence-electron chi connectivity index (χ0n) is 8.56. The Bertz CT molecular complexity index is 504. The molecule has 0 radical (unpaired) electrons. The summed E-state index contributed by atoms with van der Waals surface area (Å²) >= 11 is 2.97. The van der Waals surface area contributed by atoms with E-state index in [2.05, 4.69) is 10.3 Å². The van der Waals surface area contributed by atoms with Crippen LogP contribution in [0.5, 0.6) is 0 Å². The first-order chi connectivity index (χ1) is 7.68. The van der Waals surface area contributed by atoms with Crippen molar-refractivity contribution in [3.8, 4) is 0 Å². The van der Waals surface area contributed by atoms with Gasteiger partial charge in [0.05, 0.1) is 12.1 Å². The summed E-state index contributed by atoms with van der Waals surface area (Å²) in [5.74, 6) is -0.994. The van der Waals surface area contributed by atoms with Crippen molar-refractivity contribution in [1.29, 1.82) is 0 Å². The lowest BCUT2D eigenvalue weighted by atomic mass is 10.3. The normalized spacial score (nSPS) is 10.3. The summed E-state index contributed by atoms with van der Waals surface area (Å²) < 4.78 is 0. The van der Waals surface area contributed by atoms with Crippen LogP contribution in [0.1, 0.15) is 20.9 Å². The van der Waals surface area contributed by atoms with E-state index in [0.29, 0.717) is 11.5 Å². The van der Waals surface area contributed by atoms with E-state index in [1.165, 1.54) is 27.3 Å². The topological polar surface area (TPSA) is 62.2 Å². The molecule has 0 aromatic carbocycles. The van der Waals surface area contributed by atoms with Gasteiger partial charge in [-0.3, -0.25) is 0 Å². The first-order valence-corrected chi connectivity index (χ1v) is 6.38. The molecule has 0 aliphatic rings. The number of rotatable bonds is 4. The van der Waals surface area contributed by atoms with Crippen molar-refractivity contribution in [2.75, 3.05) is 5.32 Å². The number of carboxylic acid groups (broad SMARTS) is 1. The van der Waals surface area contributed by atoms with Gasteiger partial charge in [-0.25, -0.2) is 9.78 Å². The molecule has 2 aromatic rings. The number of carboxylic acids is 1. The quantitative estimate of drug-likeness (QED) is 0.880. The second-order valence-electron chi connectivity index (χ2n) is 3.22. The molecule has 0 unspecified atom stereocenters. The molecule has 6 heteroatoms. The minimum absolute atomic E-state index is 0.0965. The zero-order chi connectivity index (χ0) is 11.5. The molecule has 0 saturated heterocycles. The van der Waals surface area contributed by atoms with Gasteiger partial charge >= 0.3 is 5.97 Å². The molecule has 0 aliphatic heterocycles. The molecule has 4 nitrogen and oxygen atoms in total. The predicted molar refractivity (Wildman–Crippen MR) is 65.5 cm³/mol. The number of aryl methyl sites for hydroxylation is 1. The molecule has 2 heterocycles. The number of aromatic nitrogens is 1. The first kappa shape index (κ1) is 11.1. The molecular weight excluding hydrogens is 244 g/mol. The monoisotopic (exact) mass is 254 g/mol. The van der Waals surface area contributed by atoms with E-state index in [9.17, 15) is 4.79 Å². The number of nitrogens with zero attached hydrogens (tertiary/aromatic N) is 1. The van der Waals surface area contributed by atoms with Crippen LogP contribution in [0.15, 0.2) is 17.0 Å². The number of hydrogen-bond donors (Lipinski definition) is 2. The van der Waals surface area contributed by atoms with Crippen molar-refractivity contribution < 1.29 is 9.90 Å². The summed E-state index contributed by atoms with van der Waals surface area (Å²) in [5, 5.41) is 14.6. The minimum Gasteiger partial charge on any atom is -0.476 e. The van der Waals surface area contributed by atoms with Crippen LogP contribution in [-0.2, 0) is 6.54 Å². The van der Waals surface area contributed by atoms with Crippen molar-refractivity contribution in [2.24, 2.45) is 0 Å². The highest BCUT2D eigenvalue weighted by molar-refractivity contribution is 7.14. The van der Waals surface area contributed by atoms with Gasteiger partial charge in [0.1, 0.15) is 5.00 Å². The summed E-state index contributed by atoms with van der Waals surface area (Å²) in [6.45, 7) is 2.68. The largest absolute Gasteiger partial charge is 0.476 e. The van der Waals surface area contributed by atoms with Gasteiger partial charge in [0, 0.05) is 4.88 Å². The lowest BCUT2D eigenvalue weighted by Crippen LogP contribution is -2.04. The first-order valence-electron chi connectivity index (χ1n) is 4.62. The van der Waals surface area contributed by atoms with Gasteiger partial charge in [-0.05, 0) is 23.9 Å². The van der Waals surface area contributed by atoms with Crippen LogP contribution in [0.2, 0.25) is 0 Å². The SMILES string of the molecule is Cc1ccsc1CNc1scnc1C(=O)O. The van der Waals surface area contributed by atoms with E-state index in [1.54, 1.807) is 11.3 Å². The summed E-state index contributed by atoms with van der Waals surface area (Å²) in [6, 6.07) is 2.05. The number of thiophene rings is 1. The Morgan fingerprint density at radius 2 is 2.38 bits per heavy atom. The standard InChI is InChI=1S/C10H10N2O2S2/c1-6-2-3-15-7(6)4-11-9-8(10(13)14)12-5-16-9/h2-3,5,11H,4H2,1H3,(H,13,14). The third-order valence-corrected chi connectivity index (χ3v) is 3.95. The lowest BCUT2D eigenvalue weighted by Gasteiger charge is -2.03. The summed E-state index contributed by atoms with van der Waals surface area (Å²) in [6.07, 6.45) is 0. The van der Waals surface area contributed by atoms with Gasteiger partial charge in [0.2, 0.25) is 0 Å². The lowest BCUT2D eigenvalue weighted by molar-refractivity contribution is 0.0692. The molecule has 0 fully saturated rings. The molecule has 16 heavy (non-hydrogen) atoms. The van der Waals surface area contributed by atoms with Crippen LogP contribution in [0.4, 0.5) is 5.00 Å². The van der Waals surface area contributed by atoms with Gasteiger partial charge in [-0.2, -0.15) is 0 Å². The van der Waals surface area contributed by atoms with Gasteiger partial charge in [0.15, 0.2) is 5.69 Å². The van der Waals surface area contributed by atoms with Gasteiger partial charge in [0.25, 0.3) is 0 Å². The molecule has 0 bridgehead atoms. The van der Waals surface area contributed by atoms with E-state index in [1.807, 2.05) is 18.4 Å². The fourth-order valence-electron chi connectivity index (χ4n) is 1.27. The second kappa shape index (κ2) is 4.63. The Kier molecular flexibility index (Phi) is 3.21. The maximum atomic E-state index is 10.8. The average molecular weight is 254 g/mol. The Hall–Kier alpha value is -1.40. The summed E-state index contributed by atoms with van der Waals surface area (Å²) in [7, 11) is 0. The summed E-state index contributed by atoms with van der Waals surface area (Å²) in [5.41, 5.74) is 2.85. The number of aromatic carboxylic acids is 1. The van der Waals surface area contributed by atoms with Gasteiger partial charge in [-0.1, -0.05) is 0 Å². The Balaban J connectivity index is 2.08. The van der Waals surface area contributed by atoms with Crippen molar-refractivity contribution in [3.05, 3.63) is 33.1 Å². The zero-order valence-corrected chi connectivity index (χ0v) is 10.2. The van der Waals surface area contributed by atoms with E-state index >= 15 is 0 Å². The number of hydrogen-bond acceptors (Lipinski definition) is 5. The number of anilines is 1. The smallest absolute Gasteiger partial charge is 0.357 e. The van der Waals surface area contributed by atoms with Gasteiger partial charge < -0.3 is 10.4 Å². The fourth-order valence-corrected chi connectivity index (χ4v) is 2.79. The molecular formula is C10H10N2O2S2. The van der Waals surface area contributed by atoms with E-state index in [4.69, 9.17) is 5.11 Å². The highest BCUT2D eigenvalue weighted by atomic mass is 32.1. The molecule has 0 saturated carbocycles. The second-order valence-corrected chi connectivity index (χ2v) is 5.07. The maximum absolute atomic E-state index is 10.8. The number of thiazole rings is 1. The van der Waals surface area contributed by atoms with Crippen LogP contribution in [0, 0.1) is 6.92 Å². The van der Waals surface area contributed by atoms with E-state index in [-0.39, 0.29) is 5.69 Å². The molecule has 0 spiro atoms. The molecule has 2 aromatic heterocycles. The van der Waals surface area contributed by atoms with E-state index in [0.717, 1.165) is 0 Å². The van der Waals surface area contributed by atoms with Gasteiger partial charge in [-0.15, -0.1) is 22.7 Å². The van der Waals surface area contributed by atoms with Crippen LogP contribution in [0.3, 0.4) is 0 Å². The third-order valence-electron chi connectivity index (χ3n) is 2.15. The molecule has 0 atom stereocenters. The summed E-state index contributed by atoms with van der Waals surface area (Å²) in [4.78, 5) is 15.8. The number of nitrogens with one attached hydrogen (secondary N) is 1. The number of carbonyl (C=O) groups is 1. The third kappa shape index (κ3) is 2.23. The average Bonchev–Trinajstić information content (AvgIpc) is 2.83. The predicted octanol–water partition coefficient (Wildman–Crippen LogP) is 2.82.